The van der Waals surface area contributed by atoms with Gasteiger partial charge in [0, 0.05) is 27.9 Å². The topological polar surface area (TPSA) is 73.1 Å². The van der Waals surface area contributed by atoms with Crippen LogP contribution in [0.2, 0.25) is 5.02 Å². The van der Waals surface area contributed by atoms with Crippen LogP contribution in [0.4, 0.5) is 4.79 Å². The molecule has 7 nitrogen and oxygen atoms in total. The summed E-state index contributed by atoms with van der Waals surface area (Å²) in [5, 5.41) is 13.2. The average molecular weight is 500 g/mol. The Bertz CT molecular complexity index is 1210. The maximum atomic E-state index is 13.0. The van der Waals surface area contributed by atoms with Crippen molar-refractivity contribution in [2.24, 2.45) is 0 Å². The van der Waals surface area contributed by atoms with Crippen LogP contribution in [-0.2, 0) is 17.8 Å². The van der Waals surface area contributed by atoms with Crippen LogP contribution < -0.4 is 0 Å². The van der Waals surface area contributed by atoms with Crippen molar-refractivity contribution in [2.45, 2.75) is 83.9 Å². The molecule has 1 fully saturated rings. The molecular weight excluding hydrogens is 470 g/mol. The van der Waals surface area contributed by atoms with Gasteiger partial charge in [0.25, 0.3) is 0 Å². The number of amides is 1. The summed E-state index contributed by atoms with van der Waals surface area (Å²) in [7, 11) is 0. The predicted molar refractivity (Wildman–Crippen MR) is 133 cm³/mol. The smallest absolute Gasteiger partial charge is 0.411 e. The zero-order chi connectivity index (χ0) is 24.0. The molecule has 3 aromatic rings. The molecule has 0 unspecified atom stereocenters. The van der Waals surface area contributed by atoms with E-state index in [0.29, 0.717) is 29.9 Å². The van der Waals surface area contributed by atoms with E-state index in [-0.39, 0.29) is 6.09 Å². The highest BCUT2D eigenvalue weighted by Crippen LogP contribution is 2.42. The quantitative estimate of drug-likeness (QED) is 0.409. The fourth-order valence-electron chi connectivity index (χ4n) is 4.90. The molecule has 1 aliphatic carbocycles. The number of nitrogens with zero attached hydrogens (tertiary/aromatic N) is 5. The number of halogens is 1. The van der Waals surface area contributed by atoms with Crippen molar-refractivity contribution in [3.8, 4) is 5.69 Å². The van der Waals surface area contributed by atoms with Crippen molar-refractivity contribution in [1.29, 1.82) is 0 Å². The molecule has 0 bridgehead atoms. The monoisotopic (exact) mass is 499 g/mol. The number of hydrogen-bond acceptors (Lipinski definition) is 6. The molecule has 0 spiro atoms. The first kappa shape index (κ1) is 23.3. The molecule has 0 radical (unpaired) electrons. The van der Waals surface area contributed by atoms with Gasteiger partial charge in [0.15, 0.2) is 5.82 Å². The number of thiazole rings is 1. The van der Waals surface area contributed by atoms with Crippen LogP contribution in [0.3, 0.4) is 0 Å². The number of aromatic nitrogens is 4. The lowest BCUT2D eigenvalue weighted by Crippen LogP contribution is -2.35. The zero-order valence-corrected chi connectivity index (χ0v) is 21.6. The SMILES string of the molecule is Cc1csc(C2CCC(c3nnc4n3-c3ccc(Cl)cc3CN(C(=O)OC(C)(C)C)C4)CC2)n1. The summed E-state index contributed by atoms with van der Waals surface area (Å²) in [5.74, 6) is 2.56. The summed E-state index contributed by atoms with van der Waals surface area (Å²) in [5.41, 5.74) is 2.48. The third-order valence-electron chi connectivity index (χ3n) is 6.46. The highest BCUT2D eigenvalue weighted by atomic mass is 35.5. The van der Waals surface area contributed by atoms with E-state index in [1.165, 1.54) is 5.01 Å². The van der Waals surface area contributed by atoms with Crippen molar-refractivity contribution in [3.63, 3.8) is 0 Å². The normalized spacial score (nSPS) is 20.4. The van der Waals surface area contributed by atoms with Crippen LogP contribution >= 0.6 is 22.9 Å². The van der Waals surface area contributed by atoms with Gasteiger partial charge in [0.05, 0.1) is 23.8 Å². The van der Waals surface area contributed by atoms with Crippen LogP contribution in [0, 0.1) is 6.92 Å². The lowest BCUT2D eigenvalue weighted by molar-refractivity contribution is 0.0214. The number of aryl methyl sites for hydroxylation is 1. The molecule has 180 valence electrons. The van der Waals surface area contributed by atoms with Crippen molar-refractivity contribution < 1.29 is 9.53 Å². The standard InChI is InChI=1S/C25H30ClN5O2S/c1-15-14-34-23(27-15)17-7-5-16(6-8-17)22-29-28-21-13-30(24(32)33-25(2,3)4)12-18-11-19(26)9-10-20(18)31(21)22/h9-11,14,16-17H,5-8,12-13H2,1-4H3. The van der Waals surface area contributed by atoms with Crippen molar-refractivity contribution in [1.82, 2.24) is 24.6 Å². The van der Waals surface area contributed by atoms with E-state index in [0.717, 1.165) is 54.3 Å². The van der Waals surface area contributed by atoms with E-state index in [2.05, 4.69) is 27.1 Å². The second kappa shape index (κ2) is 8.96. The minimum Gasteiger partial charge on any atom is -0.444 e. The Morgan fingerprint density at radius 1 is 1.12 bits per heavy atom. The molecular formula is C25H30ClN5O2S. The van der Waals surface area contributed by atoms with E-state index in [9.17, 15) is 4.79 Å². The first-order valence-electron chi connectivity index (χ1n) is 11.8. The molecule has 5 rings (SSSR count). The number of hydrogen-bond donors (Lipinski definition) is 0. The van der Waals surface area contributed by atoms with Crippen LogP contribution in [0.15, 0.2) is 23.6 Å². The number of benzene rings is 1. The van der Waals surface area contributed by atoms with E-state index >= 15 is 0 Å². The summed E-state index contributed by atoms with van der Waals surface area (Å²) in [4.78, 5) is 19.4. The Morgan fingerprint density at radius 3 is 2.53 bits per heavy atom. The van der Waals surface area contributed by atoms with Crippen molar-refractivity contribution in [2.75, 3.05) is 0 Å². The maximum absolute atomic E-state index is 13.0. The maximum Gasteiger partial charge on any atom is 0.411 e. The Hall–Kier alpha value is -2.45. The third kappa shape index (κ3) is 4.70. The number of ether oxygens (including phenoxy) is 1. The van der Waals surface area contributed by atoms with Crippen molar-refractivity contribution >= 4 is 29.0 Å². The van der Waals surface area contributed by atoms with Crippen LogP contribution in [0.25, 0.3) is 5.69 Å². The first-order valence-corrected chi connectivity index (χ1v) is 13.1. The van der Waals surface area contributed by atoms with E-state index in [1.807, 2.05) is 39.0 Å². The fourth-order valence-corrected chi connectivity index (χ4v) is 6.07. The molecule has 1 amide bonds. The van der Waals surface area contributed by atoms with Crippen LogP contribution in [0.5, 0.6) is 0 Å². The van der Waals surface area contributed by atoms with Crippen molar-refractivity contribution in [3.05, 3.63) is 56.5 Å². The highest BCUT2D eigenvalue weighted by Gasteiger charge is 2.33. The summed E-state index contributed by atoms with van der Waals surface area (Å²) in [6.45, 7) is 8.42. The molecule has 1 saturated carbocycles. The van der Waals surface area contributed by atoms with Gasteiger partial charge in [-0.25, -0.2) is 9.78 Å². The van der Waals surface area contributed by atoms with Gasteiger partial charge < -0.3 is 4.74 Å². The minimum atomic E-state index is -0.575. The molecule has 0 atom stereocenters. The molecule has 3 heterocycles. The van der Waals surface area contributed by atoms with Gasteiger partial charge in [-0.15, -0.1) is 21.5 Å². The summed E-state index contributed by atoms with van der Waals surface area (Å²) in [6.07, 6.45) is 3.91. The number of carbonyl (C=O) groups is 1. The average Bonchev–Trinajstić information content (AvgIpc) is 3.35. The van der Waals surface area contributed by atoms with Gasteiger partial charge in [0.2, 0.25) is 0 Å². The summed E-state index contributed by atoms with van der Waals surface area (Å²) < 4.78 is 7.81. The number of fused-ring (bicyclic) bond motifs is 3. The molecule has 9 heteroatoms. The summed E-state index contributed by atoms with van der Waals surface area (Å²) in [6, 6.07) is 5.82. The lowest BCUT2D eigenvalue weighted by Gasteiger charge is -2.27. The van der Waals surface area contributed by atoms with Gasteiger partial charge in [-0.3, -0.25) is 9.47 Å². The lowest BCUT2D eigenvalue weighted by atomic mass is 9.82. The molecule has 34 heavy (non-hydrogen) atoms. The molecule has 0 saturated heterocycles. The van der Waals surface area contributed by atoms with Gasteiger partial charge in [-0.1, -0.05) is 11.6 Å². The second-order valence-electron chi connectivity index (χ2n) is 10.3. The molecule has 0 N–H and O–H groups in total. The fraction of sp³-hybridized carbons (Fsp3) is 0.520. The first-order chi connectivity index (χ1) is 16.2. The van der Waals surface area contributed by atoms with Gasteiger partial charge in [-0.05, 0) is 77.1 Å². The van der Waals surface area contributed by atoms with E-state index in [1.54, 1.807) is 16.2 Å². The van der Waals surface area contributed by atoms with Crippen LogP contribution in [0.1, 0.15) is 86.2 Å². The number of carbonyl (C=O) groups excluding carboxylic acids is 1. The van der Waals surface area contributed by atoms with Gasteiger partial charge >= 0.3 is 6.09 Å². The highest BCUT2D eigenvalue weighted by molar-refractivity contribution is 7.09. The molecule has 2 aliphatic rings. The third-order valence-corrected chi connectivity index (χ3v) is 7.82. The van der Waals surface area contributed by atoms with Gasteiger partial charge in [-0.2, -0.15) is 0 Å². The predicted octanol–water partition coefficient (Wildman–Crippen LogP) is 6.38. The largest absolute Gasteiger partial charge is 0.444 e. The van der Waals surface area contributed by atoms with E-state index in [4.69, 9.17) is 21.3 Å². The second-order valence-corrected chi connectivity index (χ2v) is 11.6. The Morgan fingerprint density at radius 2 is 1.85 bits per heavy atom. The van der Waals surface area contributed by atoms with E-state index < -0.39 is 5.60 Å². The number of rotatable bonds is 2. The Kier molecular flexibility index (Phi) is 6.14. The van der Waals surface area contributed by atoms with Crippen LogP contribution in [-0.4, -0.2) is 36.3 Å². The Balaban J connectivity index is 1.44. The Labute approximate surface area is 209 Å². The summed E-state index contributed by atoms with van der Waals surface area (Å²) >= 11 is 8.12. The molecule has 2 aromatic heterocycles. The molecule has 1 aromatic carbocycles. The zero-order valence-electron chi connectivity index (χ0n) is 20.0. The molecule has 1 aliphatic heterocycles. The minimum absolute atomic E-state index is 0.315. The van der Waals surface area contributed by atoms with Gasteiger partial charge in [0.1, 0.15) is 11.4 Å².